The van der Waals surface area contributed by atoms with Gasteiger partial charge in [0.2, 0.25) is 17.7 Å². The summed E-state index contributed by atoms with van der Waals surface area (Å²) >= 11 is 0. The molecule has 29 heavy (non-hydrogen) atoms. The van der Waals surface area contributed by atoms with Gasteiger partial charge in [0.05, 0.1) is 20.3 Å². The molecule has 0 amide bonds. The van der Waals surface area contributed by atoms with Crippen LogP contribution < -0.4 is 14.4 Å². The number of nitrogens with one attached hydrogen (secondary N) is 1. The van der Waals surface area contributed by atoms with Crippen molar-refractivity contribution in [3.05, 3.63) is 41.8 Å². The summed E-state index contributed by atoms with van der Waals surface area (Å²) in [7, 11) is 3.18. The first-order chi connectivity index (χ1) is 14.2. The topological polar surface area (TPSA) is 66.5 Å². The summed E-state index contributed by atoms with van der Waals surface area (Å²) in [5, 5.41) is 0.985. The van der Waals surface area contributed by atoms with Gasteiger partial charge in [-0.05, 0) is 43.1 Å². The molecule has 0 bridgehead atoms. The van der Waals surface area contributed by atoms with Crippen LogP contribution in [0.25, 0.3) is 10.9 Å². The number of nitrogens with zero attached hydrogens (tertiary/aromatic N) is 4. The molecule has 0 atom stereocenters. The van der Waals surface area contributed by atoms with E-state index in [9.17, 15) is 4.39 Å². The lowest BCUT2D eigenvalue weighted by Gasteiger charge is -2.34. The zero-order valence-electron chi connectivity index (χ0n) is 16.8. The van der Waals surface area contributed by atoms with Gasteiger partial charge in [0.1, 0.15) is 5.82 Å². The van der Waals surface area contributed by atoms with E-state index in [0.29, 0.717) is 17.7 Å². The Bertz CT molecular complexity index is 947. The fraction of sp³-hybridized carbons (Fsp3) is 0.429. The van der Waals surface area contributed by atoms with Crippen LogP contribution in [-0.4, -0.2) is 66.8 Å². The number of hydrogen-bond acceptors (Lipinski definition) is 6. The van der Waals surface area contributed by atoms with Crippen LogP contribution >= 0.6 is 0 Å². The first-order valence-electron chi connectivity index (χ1n) is 9.86. The molecule has 0 saturated carbocycles. The molecule has 1 aliphatic rings. The second-order valence-corrected chi connectivity index (χ2v) is 7.19. The fourth-order valence-corrected chi connectivity index (χ4v) is 3.76. The fourth-order valence-electron chi connectivity index (χ4n) is 3.76. The van der Waals surface area contributed by atoms with Gasteiger partial charge in [-0.25, -0.2) is 4.39 Å². The maximum absolute atomic E-state index is 13.5. The van der Waals surface area contributed by atoms with Crippen molar-refractivity contribution in [2.24, 2.45) is 0 Å². The summed E-state index contributed by atoms with van der Waals surface area (Å²) in [5.41, 5.74) is 2.17. The molecule has 0 spiro atoms. The summed E-state index contributed by atoms with van der Waals surface area (Å²) in [6.07, 6.45) is 3.96. The molecule has 2 aromatic heterocycles. The predicted molar refractivity (Wildman–Crippen MR) is 110 cm³/mol. The predicted octanol–water partition coefficient (Wildman–Crippen LogP) is 2.87. The van der Waals surface area contributed by atoms with Crippen molar-refractivity contribution in [3.63, 3.8) is 0 Å². The van der Waals surface area contributed by atoms with Crippen LogP contribution in [-0.2, 0) is 6.42 Å². The van der Waals surface area contributed by atoms with E-state index in [2.05, 4.69) is 24.8 Å². The van der Waals surface area contributed by atoms with Gasteiger partial charge in [-0.2, -0.15) is 9.97 Å². The van der Waals surface area contributed by atoms with E-state index < -0.39 is 0 Å². The van der Waals surface area contributed by atoms with E-state index in [1.807, 2.05) is 6.20 Å². The number of benzene rings is 1. The lowest BCUT2D eigenvalue weighted by molar-refractivity contribution is 0.253. The van der Waals surface area contributed by atoms with Gasteiger partial charge in [0.25, 0.3) is 0 Å². The van der Waals surface area contributed by atoms with Crippen LogP contribution in [0.15, 0.2) is 30.5 Å². The molecule has 154 valence electrons. The number of aromatic amines is 1. The number of H-pyrrole nitrogens is 1. The maximum Gasteiger partial charge on any atom is 0.232 e. The van der Waals surface area contributed by atoms with Crippen molar-refractivity contribution in [2.75, 3.05) is 51.8 Å². The molecular weight excluding hydrogens is 373 g/mol. The van der Waals surface area contributed by atoms with Gasteiger partial charge in [-0.1, -0.05) is 0 Å². The Balaban J connectivity index is 1.29. The molecule has 0 radical (unpaired) electrons. The van der Waals surface area contributed by atoms with Crippen LogP contribution in [0.4, 0.5) is 10.3 Å². The smallest absolute Gasteiger partial charge is 0.232 e. The Morgan fingerprint density at radius 3 is 2.45 bits per heavy atom. The highest BCUT2D eigenvalue weighted by atomic mass is 19.1. The van der Waals surface area contributed by atoms with Gasteiger partial charge >= 0.3 is 0 Å². The molecule has 7 nitrogen and oxygen atoms in total. The quantitative estimate of drug-likeness (QED) is 0.659. The average molecular weight is 399 g/mol. The number of fused-ring (bicyclic) bond motifs is 1. The molecule has 1 N–H and O–H groups in total. The van der Waals surface area contributed by atoms with Crippen LogP contribution in [0.3, 0.4) is 0 Å². The van der Waals surface area contributed by atoms with Crippen molar-refractivity contribution in [1.82, 2.24) is 19.9 Å². The minimum atomic E-state index is -0.189. The Morgan fingerprint density at radius 1 is 1.03 bits per heavy atom. The van der Waals surface area contributed by atoms with E-state index in [1.54, 1.807) is 32.4 Å². The van der Waals surface area contributed by atoms with E-state index in [0.717, 1.165) is 56.5 Å². The van der Waals surface area contributed by atoms with Crippen molar-refractivity contribution in [1.29, 1.82) is 0 Å². The van der Waals surface area contributed by atoms with Crippen molar-refractivity contribution >= 4 is 16.9 Å². The lowest BCUT2D eigenvalue weighted by atomic mass is 10.1. The molecule has 0 unspecified atom stereocenters. The number of halogens is 1. The van der Waals surface area contributed by atoms with Gasteiger partial charge < -0.3 is 19.4 Å². The molecule has 1 aromatic carbocycles. The molecule has 1 aliphatic heterocycles. The summed E-state index contributed by atoms with van der Waals surface area (Å²) in [4.78, 5) is 16.7. The number of aromatic nitrogens is 3. The van der Waals surface area contributed by atoms with Gasteiger partial charge in [0, 0.05) is 43.3 Å². The zero-order chi connectivity index (χ0) is 20.2. The Labute approximate surface area is 169 Å². The standard InChI is InChI=1S/C21H26FN5O2/c1-28-19-13-20(29-2)25-21(24-19)27-10-8-26(9-11-27)7-3-4-15-14-23-18-6-5-16(22)12-17(15)18/h5-6,12-14,23H,3-4,7-11H2,1-2H3. The molecule has 0 aliphatic carbocycles. The third-order valence-electron chi connectivity index (χ3n) is 5.39. The first kappa shape index (κ1) is 19.4. The number of aryl methyl sites for hydroxylation is 1. The zero-order valence-corrected chi connectivity index (χ0v) is 16.8. The average Bonchev–Trinajstić information content (AvgIpc) is 3.16. The summed E-state index contributed by atoms with van der Waals surface area (Å²) < 4.78 is 24.0. The van der Waals surface area contributed by atoms with Crippen molar-refractivity contribution in [2.45, 2.75) is 12.8 Å². The minimum absolute atomic E-state index is 0.189. The summed E-state index contributed by atoms with van der Waals surface area (Å²) in [6, 6.07) is 6.57. The van der Waals surface area contributed by atoms with E-state index in [1.165, 1.54) is 11.6 Å². The normalized spacial score (nSPS) is 15.1. The summed E-state index contributed by atoms with van der Waals surface area (Å²) in [6.45, 7) is 4.62. The maximum atomic E-state index is 13.5. The number of rotatable bonds is 7. The van der Waals surface area contributed by atoms with E-state index in [4.69, 9.17) is 9.47 Å². The van der Waals surface area contributed by atoms with E-state index in [-0.39, 0.29) is 5.82 Å². The number of methoxy groups -OCH3 is 2. The molecule has 1 saturated heterocycles. The number of piperazine rings is 1. The van der Waals surface area contributed by atoms with Gasteiger partial charge in [-0.15, -0.1) is 0 Å². The first-order valence-corrected chi connectivity index (χ1v) is 9.86. The Morgan fingerprint density at radius 2 is 1.76 bits per heavy atom. The van der Waals surface area contributed by atoms with Gasteiger partial charge in [-0.3, -0.25) is 4.90 Å². The van der Waals surface area contributed by atoms with Crippen LogP contribution in [0, 0.1) is 5.82 Å². The number of ether oxygens (including phenoxy) is 2. The minimum Gasteiger partial charge on any atom is -0.481 e. The number of hydrogen-bond donors (Lipinski definition) is 1. The van der Waals surface area contributed by atoms with Crippen LogP contribution in [0.1, 0.15) is 12.0 Å². The highest BCUT2D eigenvalue weighted by molar-refractivity contribution is 5.83. The molecule has 4 rings (SSSR count). The Hall–Kier alpha value is -2.87. The van der Waals surface area contributed by atoms with Crippen molar-refractivity contribution in [3.8, 4) is 11.8 Å². The van der Waals surface area contributed by atoms with Gasteiger partial charge in [0.15, 0.2) is 0 Å². The Kier molecular flexibility index (Phi) is 5.80. The SMILES string of the molecule is COc1cc(OC)nc(N2CCN(CCCc3c[nH]c4ccc(F)cc34)CC2)n1. The molecular formula is C21H26FN5O2. The van der Waals surface area contributed by atoms with E-state index >= 15 is 0 Å². The molecule has 3 aromatic rings. The number of anilines is 1. The second kappa shape index (κ2) is 8.65. The molecule has 1 fully saturated rings. The van der Waals surface area contributed by atoms with Crippen LogP contribution in [0.2, 0.25) is 0 Å². The third kappa shape index (κ3) is 4.42. The summed E-state index contributed by atoms with van der Waals surface area (Å²) in [5.74, 6) is 1.46. The molecule has 3 heterocycles. The molecule has 8 heteroatoms. The monoisotopic (exact) mass is 399 g/mol. The van der Waals surface area contributed by atoms with Crippen LogP contribution in [0.5, 0.6) is 11.8 Å². The second-order valence-electron chi connectivity index (χ2n) is 7.19. The lowest BCUT2D eigenvalue weighted by Crippen LogP contribution is -2.47. The largest absolute Gasteiger partial charge is 0.481 e. The third-order valence-corrected chi connectivity index (χ3v) is 5.39. The van der Waals surface area contributed by atoms with Crippen molar-refractivity contribution < 1.29 is 13.9 Å². The highest BCUT2D eigenvalue weighted by Gasteiger charge is 2.20. The highest BCUT2D eigenvalue weighted by Crippen LogP contribution is 2.22.